The molecule has 4 N–H and O–H groups in total. The smallest absolute Gasteiger partial charge is 0.410 e. The van der Waals surface area contributed by atoms with Crippen molar-refractivity contribution in [3.63, 3.8) is 0 Å². The number of amides is 1. The van der Waals surface area contributed by atoms with Crippen LogP contribution in [0.1, 0.15) is 87.5 Å². The van der Waals surface area contributed by atoms with E-state index in [4.69, 9.17) is 29.4 Å². The van der Waals surface area contributed by atoms with E-state index in [1.807, 2.05) is 103 Å². The van der Waals surface area contributed by atoms with Gasteiger partial charge in [0.1, 0.15) is 23.8 Å². The minimum absolute atomic E-state index is 0.0333. The molecule has 12 atom stereocenters. The Morgan fingerprint density at radius 2 is 1.76 bits per heavy atom. The highest BCUT2D eigenvalue weighted by atomic mass is 16.7. The van der Waals surface area contributed by atoms with E-state index in [1.165, 1.54) is 0 Å². The first-order chi connectivity index (χ1) is 29.7. The third-order valence-electron chi connectivity index (χ3n) is 13.1. The lowest BCUT2D eigenvalue weighted by molar-refractivity contribution is -0.267. The van der Waals surface area contributed by atoms with Crippen molar-refractivity contribution in [2.45, 2.75) is 148 Å². The Bertz CT molecular complexity index is 1780. The largest absolute Gasteiger partial charge is 0.458 e. The highest BCUT2D eigenvalue weighted by Gasteiger charge is 2.58. The van der Waals surface area contributed by atoms with Gasteiger partial charge in [0.2, 0.25) is 0 Å². The number of nitrogens with one attached hydrogen (secondary N) is 1. The third-order valence-corrected chi connectivity index (χ3v) is 13.1. The van der Waals surface area contributed by atoms with Crippen molar-refractivity contribution in [1.82, 2.24) is 35.0 Å². The number of ether oxygens (including phenoxy) is 5. The number of hydrogen-bond acceptors (Lipinski definition) is 15. The summed E-state index contributed by atoms with van der Waals surface area (Å²) in [6.45, 7) is 17.3. The fourth-order valence-electron chi connectivity index (χ4n) is 9.46. The standard InChI is InChI=1S/C46H78N8O9/c1-14-36(52(11)12)39(56)43(60-24-23-51(9)10)62-41-30(4)38(55)31(5)42(57)61-37(15-2)46(8)40(32(6)48-27-29(3)26-45(41,7)59-13)54(44(58)63-46)22-17-16-21-53-28-35(49-50-53)33-19-18-20-34(47)25-33/h18-20,25,28-32,36-37,39-41,43,48,56H,14-17,21-24,26-27,47H2,1-13H3/t29-,30+,31-,32-,36?,37-,39?,40-,41-,43+,45-,46-/m1/s1. The average Bonchev–Trinajstić information content (AvgIpc) is 3.81. The number of nitrogens with two attached hydrogens (primary N) is 1. The fraction of sp³-hybridized carbons (Fsp3) is 0.761. The van der Waals surface area contributed by atoms with Crippen LogP contribution in [-0.2, 0) is 39.8 Å². The number of aromatic nitrogens is 3. The van der Waals surface area contributed by atoms with Crippen molar-refractivity contribution in [1.29, 1.82) is 0 Å². The predicted molar refractivity (Wildman–Crippen MR) is 242 cm³/mol. The van der Waals surface area contributed by atoms with Crippen molar-refractivity contribution in [2.24, 2.45) is 17.8 Å². The first-order valence-corrected chi connectivity index (χ1v) is 22.8. The Morgan fingerprint density at radius 3 is 2.38 bits per heavy atom. The number of unbranched alkanes of at least 4 members (excludes halogenated alkanes) is 1. The molecule has 2 aliphatic heterocycles. The van der Waals surface area contributed by atoms with Gasteiger partial charge in [-0.2, -0.15) is 0 Å². The SMILES string of the molecule is CCC(C(O)[C@@H](OCCN(C)C)O[C@@H]1[C@@H](C)C(=O)[C@@H](C)C(=O)O[C@H](CC)[C@@]2(C)OC(=O)N(CCCCn3cc(-c4cccc(N)c4)nn3)[C@@H]2[C@@H](C)NC[C@H](C)C[C@@]1(C)OC)N(C)C. The van der Waals surface area contributed by atoms with E-state index in [-0.39, 0.29) is 24.6 Å². The molecule has 2 aromatic rings. The van der Waals surface area contributed by atoms with Crippen LogP contribution >= 0.6 is 0 Å². The molecule has 0 aliphatic carbocycles. The summed E-state index contributed by atoms with van der Waals surface area (Å²) >= 11 is 0. The number of fused-ring (bicyclic) bond motifs is 1. The van der Waals surface area contributed by atoms with E-state index in [0.29, 0.717) is 64.0 Å². The molecule has 63 heavy (non-hydrogen) atoms. The fourth-order valence-corrected chi connectivity index (χ4v) is 9.46. The molecular formula is C46H78N8O9. The van der Waals surface area contributed by atoms with Gasteiger partial charge in [0.05, 0.1) is 30.6 Å². The number of nitrogen functional groups attached to an aromatic ring is 1. The number of aliphatic hydroxyl groups excluding tert-OH is 1. The molecule has 2 saturated heterocycles. The number of aliphatic hydroxyl groups is 1. The van der Waals surface area contributed by atoms with E-state index in [0.717, 1.165) is 11.3 Å². The molecule has 17 heteroatoms. The number of likely N-dealkylation sites (N-methyl/N-ethyl adjacent to an activating group) is 2. The molecule has 0 saturated carbocycles. The summed E-state index contributed by atoms with van der Waals surface area (Å²) in [5, 5.41) is 24.1. The van der Waals surface area contributed by atoms with Gasteiger partial charge in [0.25, 0.3) is 0 Å². The van der Waals surface area contributed by atoms with Crippen LogP contribution in [0.15, 0.2) is 30.5 Å². The van der Waals surface area contributed by atoms with Gasteiger partial charge in [-0.25, -0.2) is 4.79 Å². The molecule has 1 aromatic carbocycles. The molecule has 1 aromatic heterocycles. The van der Waals surface area contributed by atoms with E-state index < -0.39 is 71.5 Å². The summed E-state index contributed by atoms with van der Waals surface area (Å²) in [7, 11) is 9.25. The van der Waals surface area contributed by atoms with E-state index >= 15 is 0 Å². The number of Topliss-reactive ketones (excluding diaryl/α,β-unsaturated/α-hetero) is 1. The van der Waals surface area contributed by atoms with Crippen LogP contribution in [0.5, 0.6) is 0 Å². The van der Waals surface area contributed by atoms with Gasteiger partial charge < -0.3 is 49.6 Å². The highest BCUT2D eigenvalue weighted by Crippen LogP contribution is 2.40. The topological polar surface area (TPSA) is 196 Å². The molecule has 0 radical (unpaired) electrons. The van der Waals surface area contributed by atoms with Crippen LogP contribution in [0.2, 0.25) is 0 Å². The van der Waals surface area contributed by atoms with Crippen LogP contribution in [-0.4, -0.2) is 168 Å². The molecule has 0 spiro atoms. The number of aryl methyl sites for hydroxylation is 1. The van der Waals surface area contributed by atoms with Crippen LogP contribution < -0.4 is 11.1 Å². The lowest BCUT2D eigenvalue weighted by Gasteiger charge is -2.44. The molecule has 4 rings (SSSR count). The van der Waals surface area contributed by atoms with E-state index in [2.05, 4.69) is 22.6 Å². The maximum Gasteiger partial charge on any atom is 0.410 e. The van der Waals surface area contributed by atoms with Gasteiger partial charge >= 0.3 is 12.1 Å². The Balaban J connectivity index is 1.62. The molecule has 1 amide bonds. The second kappa shape index (κ2) is 23.0. The Labute approximate surface area is 375 Å². The molecule has 17 nitrogen and oxygen atoms in total. The number of carbonyl (C=O) groups is 3. The predicted octanol–water partition coefficient (Wildman–Crippen LogP) is 4.46. The number of esters is 1. The summed E-state index contributed by atoms with van der Waals surface area (Å²) in [6.07, 6.45) is 0.166. The number of hydrogen-bond donors (Lipinski definition) is 3. The monoisotopic (exact) mass is 887 g/mol. The van der Waals surface area contributed by atoms with Gasteiger partial charge in [-0.1, -0.05) is 45.0 Å². The van der Waals surface area contributed by atoms with Crippen LogP contribution in [0.4, 0.5) is 10.5 Å². The average molecular weight is 887 g/mol. The molecule has 3 heterocycles. The summed E-state index contributed by atoms with van der Waals surface area (Å²) in [5.41, 5.74) is 5.91. The number of cyclic esters (lactones) is 1. The number of benzene rings is 1. The first kappa shape index (κ1) is 51.9. The summed E-state index contributed by atoms with van der Waals surface area (Å²) in [4.78, 5) is 48.2. The maximum atomic E-state index is 14.6. The lowest BCUT2D eigenvalue weighted by Crippen LogP contribution is -2.61. The number of rotatable bonds is 18. The van der Waals surface area contributed by atoms with Gasteiger partial charge in [0, 0.05) is 56.0 Å². The molecule has 356 valence electrons. The summed E-state index contributed by atoms with van der Waals surface area (Å²) in [6, 6.07) is 6.36. The molecule has 2 fully saturated rings. The Hall–Kier alpha value is -3.71. The second-order valence-corrected chi connectivity index (χ2v) is 18.7. The van der Waals surface area contributed by atoms with Crippen LogP contribution in [0.25, 0.3) is 11.3 Å². The normalized spacial score (nSPS) is 30.4. The van der Waals surface area contributed by atoms with Crippen LogP contribution in [0.3, 0.4) is 0 Å². The minimum atomic E-state index is -1.24. The lowest BCUT2D eigenvalue weighted by atomic mass is 9.78. The number of nitrogens with zero attached hydrogens (tertiary/aromatic N) is 6. The van der Waals surface area contributed by atoms with Gasteiger partial charge in [-0.15, -0.1) is 5.10 Å². The quantitative estimate of drug-likeness (QED) is 0.0624. The minimum Gasteiger partial charge on any atom is -0.458 e. The van der Waals surface area contributed by atoms with Crippen molar-refractivity contribution in [3.05, 3.63) is 30.5 Å². The first-order valence-electron chi connectivity index (χ1n) is 22.8. The van der Waals surface area contributed by atoms with Crippen molar-refractivity contribution < 1.29 is 43.2 Å². The number of ketones is 1. The van der Waals surface area contributed by atoms with Crippen molar-refractivity contribution >= 4 is 23.5 Å². The van der Waals surface area contributed by atoms with E-state index in [9.17, 15) is 19.5 Å². The van der Waals surface area contributed by atoms with Crippen molar-refractivity contribution in [2.75, 3.05) is 67.3 Å². The number of methoxy groups -OCH3 is 1. The maximum absolute atomic E-state index is 14.6. The zero-order valence-electron chi connectivity index (χ0n) is 40.2. The highest BCUT2D eigenvalue weighted by molar-refractivity contribution is 6.00. The van der Waals surface area contributed by atoms with Crippen LogP contribution in [0, 0.1) is 17.8 Å². The Kier molecular flexibility index (Phi) is 18.9. The zero-order chi connectivity index (χ0) is 46.8. The van der Waals surface area contributed by atoms with Gasteiger partial charge in [-0.05, 0) is 113 Å². The molecular weight excluding hydrogens is 809 g/mol. The third kappa shape index (κ3) is 12.8. The Morgan fingerprint density at radius 1 is 1.06 bits per heavy atom. The van der Waals surface area contributed by atoms with Crippen molar-refractivity contribution in [3.8, 4) is 11.3 Å². The molecule has 2 aliphatic rings. The number of carbonyl (C=O) groups excluding carboxylic acids is 3. The zero-order valence-corrected chi connectivity index (χ0v) is 40.2. The second-order valence-electron chi connectivity index (χ2n) is 18.7. The molecule has 0 bridgehead atoms. The number of anilines is 1. The van der Waals surface area contributed by atoms with E-state index in [1.54, 1.807) is 30.5 Å². The van der Waals surface area contributed by atoms with Gasteiger partial charge in [0.15, 0.2) is 17.7 Å². The summed E-state index contributed by atoms with van der Waals surface area (Å²) < 4.78 is 33.7. The molecule has 2 unspecified atom stereocenters. The summed E-state index contributed by atoms with van der Waals surface area (Å²) in [5.74, 6) is -3.25. The van der Waals surface area contributed by atoms with Gasteiger partial charge in [-0.3, -0.25) is 19.2 Å².